The first-order valence-electron chi connectivity index (χ1n) is 12.1. The Bertz CT molecular complexity index is 667. The molecule has 2 saturated heterocycles. The number of amides is 1. The van der Waals surface area contributed by atoms with Gasteiger partial charge in [0.1, 0.15) is 6.04 Å². The van der Waals surface area contributed by atoms with Crippen molar-refractivity contribution < 1.29 is 9.59 Å². The molecule has 1 amide bonds. The predicted molar refractivity (Wildman–Crippen MR) is 131 cm³/mol. The van der Waals surface area contributed by atoms with Gasteiger partial charge in [-0.3, -0.25) is 14.5 Å². The van der Waals surface area contributed by atoms with E-state index in [2.05, 4.69) is 48.1 Å². The smallest absolute Gasteiger partial charge is 0.210 e. The van der Waals surface area contributed by atoms with E-state index < -0.39 is 5.54 Å². The molecule has 0 saturated carbocycles. The number of hydrogen-bond acceptors (Lipinski definition) is 6. The minimum atomic E-state index is -0.527. The van der Waals surface area contributed by atoms with Gasteiger partial charge in [-0.15, -0.1) is 0 Å². The molecule has 0 aliphatic carbocycles. The second-order valence-corrected chi connectivity index (χ2v) is 10.3. The van der Waals surface area contributed by atoms with E-state index in [0.29, 0.717) is 25.3 Å². The third-order valence-electron chi connectivity index (χ3n) is 6.92. The first-order valence-corrected chi connectivity index (χ1v) is 12.1. The lowest BCUT2D eigenvalue weighted by molar-refractivity contribution is -0.147. The van der Waals surface area contributed by atoms with Crippen molar-refractivity contribution in [3.8, 4) is 0 Å². The van der Waals surface area contributed by atoms with Crippen LogP contribution in [0.4, 0.5) is 0 Å². The highest BCUT2D eigenvalue weighted by Crippen LogP contribution is 2.40. The number of hydrogen-bond donors (Lipinski definition) is 2. The molecule has 0 aromatic rings. The van der Waals surface area contributed by atoms with Crippen molar-refractivity contribution >= 4 is 12.2 Å². The molecule has 0 aromatic heterocycles. The van der Waals surface area contributed by atoms with Crippen LogP contribution in [0.25, 0.3) is 0 Å². The lowest BCUT2D eigenvalue weighted by Gasteiger charge is -2.55. The van der Waals surface area contributed by atoms with Gasteiger partial charge in [0.15, 0.2) is 5.78 Å². The summed E-state index contributed by atoms with van der Waals surface area (Å²) in [5, 5.41) is 5.99. The van der Waals surface area contributed by atoms with Crippen LogP contribution in [0.1, 0.15) is 47.0 Å². The van der Waals surface area contributed by atoms with Gasteiger partial charge >= 0.3 is 0 Å². The van der Waals surface area contributed by atoms with Crippen LogP contribution in [0.5, 0.6) is 0 Å². The van der Waals surface area contributed by atoms with Crippen molar-refractivity contribution in [2.45, 2.75) is 64.1 Å². The number of carbonyl (C=O) groups is 2. The Kier molecular flexibility index (Phi) is 9.92. The second-order valence-electron chi connectivity index (χ2n) is 10.3. The molecule has 2 unspecified atom stereocenters. The third-order valence-corrected chi connectivity index (χ3v) is 6.92. The monoisotopic (exact) mass is 447 g/mol. The van der Waals surface area contributed by atoms with E-state index in [4.69, 9.17) is 0 Å². The molecule has 2 fully saturated rings. The quantitative estimate of drug-likeness (QED) is 0.581. The van der Waals surface area contributed by atoms with E-state index in [1.54, 1.807) is 0 Å². The van der Waals surface area contributed by atoms with Gasteiger partial charge in [0.25, 0.3) is 0 Å². The topological polar surface area (TPSA) is 67.9 Å². The normalized spacial score (nSPS) is 28.1. The number of allylic oxidation sites excluding steroid dienone is 2. The van der Waals surface area contributed by atoms with Gasteiger partial charge in [-0.25, -0.2) is 0 Å². The van der Waals surface area contributed by atoms with Gasteiger partial charge in [0.05, 0.1) is 5.54 Å². The minimum Gasteiger partial charge on any atom is -0.378 e. The molecule has 3 aliphatic rings. The van der Waals surface area contributed by atoms with E-state index in [-0.39, 0.29) is 17.4 Å². The van der Waals surface area contributed by atoms with Crippen molar-refractivity contribution in [2.75, 3.05) is 53.4 Å². The summed E-state index contributed by atoms with van der Waals surface area (Å²) in [7, 11) is 3.75. The van der Waals surface area contributed by atoms with E-state index in [9.17, 15) is 9.59 Å². The zero-order chi connectivity index (χ0) is 23.8. The van der Waals surface area contributed by atoms with Crippen LogP contribution >= 0.6 is 0 Å². The lowest BCUT2D eigenvalue weighted by Crippen LogP contribution is -2.70. The van der Waals surface area contributed by atoms with E-state index in [1.165, 1.54) is 6.42 Å². The number of piperazine rings is 1. The fourth-order valence-corrected chi connectivity index (χ4v) is 5.08. The van der Waals surface area contributed by atoms with Crippen LogP contribution in [-0.4, -0.2) is 97.4 Å². The van der Waals surface area contributed by atoms with Gasteiger partial charge < -0.3 is 20.4 Å². The van der Waals surface area contributed by atoms with Crippen LogP contribution in [0, 0.1) is 5.92 Å². The molecule has 0 radical (unpaired) electrons. The Morgan fingerprint density at radius 3 is 2.31 bits per heavy atom. The molecule has 182 valence electrons. The number of ketones is 1. The second kappa shape index (κ2) is 12.0. The molecule has 32 heavy (non-hydrogen) atoms. The van der Waals surface area contributed by atoms with Gasteiger partial charge in [0.2, 0.25) is 6.41 Å². The number of likely N-dealkylation sites (tertiary alicyclic amines) is 1. The maximum atomic E-state index is 13.8. The molecule has 7 heteroatoms. The number of Topliss-reactive ketones (excluding diaryl/α,β-unsaturated/α-hetero) is 1. The van der Waals surface area contributed by atoms with Gasteiger partial charge in [-0.05, 0) is 71.9 Å². The Balaban J connectivity index is 0.00000114. The lowest BCUT2D eigenvalue weighted by atomic mass is 9.71. The summed E-state index contributed by atoms with van der Waals surface area (Å²) in [5.41, 5.74) is -0.862. The number of carbonyl (C=O) groups excluding carboxylic acids is 2. The summed E-state index contributed by atoms with van der Waals surface area (Å²) in [4.78, 5) is 32.3. The molecule has 7 nitrogen and oxygen atoms in total. The minimum absolute atomic E-state index is 0.243. The fourth-order valence-electron chi connectivity index (χ4n) is 5.08. The van der Waals surface area contributed by atoms with Crippen LogP contribution < -0.4 is 10.6 Å². The van der Waals surface area contributed by atoms with E-state index in [1.807, 2.05) is 43.4 Å². The van der Waals surface area contributed by atoms with Gasteiger partial charge in [0, 0.05) is 38.3 Å². The highest BCUT2D eigenvalue weighted by atomic mass is 16.1. The molecular weight excluding hydrogens is 402 g/mol. The van der Waals surface area contributed by atoms with Crippen molar-refractivity contribution in [1.82, 2.24) is 25.3 Å². The highest BCUT2D eigenvalue weighted by Gasteiger charge is 2.53. The highest BCUT2D eigenvalue weighted by molar-refractivity contribution is 5.95. The Morgan fingerprint density at radius 2 is 1.81 bits per heavy atom. The molecule has 2 atom stereocenters. The van der Waals surface area contributed by atoms with Gasteiger partial charge in [-0.2, -0.15) is 0 Å². The summed E-state index contributed by atoms with van der Waals surface area (Å²) < 4.78 is 0. The fraction of sp³-hybridized carbons (Fsp3) is 0.760. The zero-order valence-corrected chi connectivity index (χ0v) is 21.1. The molecule has 3 heterocycles. The average Bonchev–Trinajstić information content (AvgIpc) is 2.78. The molecule has 3 aliphatic heterocycles. The zero-order valence-electron chi connectivity index (χ0n) is 21.1. The molecule has 3 rings (SSSR count). The maximum absolute atomic E-state index is 13.8. The molecular formula is C25H45N5O2. The first kappa shape index (κ1) is 26.6. The first-order chi connectivity index (χ1) is 15.2. The molecule has 2 N–H and O–H groups in total. The summed E-state index contributed by atoms with van der Waals surface area (Å²) >= 11 is 0. The number of nitrogens with zero attached hydrogens (tertiary/aromatic N) is 3. The largest absolute Gasteiger partial charge is 0.378 e. The van der Waals surface area contributed by atoms with Crippen LogP contribution in [0.3, 0.4) is 0 Å². The summed E-state index contributed by atoms with van der Waals surface area (Å²) in [6.45, 7) is 14.3. The van der Waals surface area contributed by atoms with Crippen molar-refractivity contribution in [3.63, 3.8) is 0 Å². The predicted octanol–water partition coefficient (Wildman–Crippen LogP) is 1.87. The summed E-state index contributed by atoms with van der Waals surface area (Å²) in [6.07, 6.45) is 11.2. The van der Waals surface area contributed by atoms with E-state index in [0.717, 1.165) is 39.1 Å². The van der Waals surface area contributed by atoms with Crippen molar-refractivity contribution in [1.29, 1.82) is 0 Å². The number of nitrogens with one attached hydrogen (secondary N) is 2. The van der Waals surface area contributed by atoms with Crippen molar-refractivity contribution in [3.05, 3.63) is 24.4 Å². The Morgan fingerprint density at radius 1 is 1.16 bits per heavy atom. The SMILES string of the molecule is CC(C)CCN1CCN(C2(C(=O)C3C=CC=CN3)CCN(C=O)C(C)(C)C2)CC1.CNC. The third kappa shape index (κ3) is 6.42. The Hall–Kier alpha value is -1.70. The average molecular weight is 448 g/mol. The number of piperidine rings is 1. The van der Waals surface area contributed by atoms with Crippen LogP contribution in [0.15, 0.2) is 24.4 Å². The Labute approximate surface area is 195 Å². The maximum Gasteiger partial charge on any atom is 0.210 e. The summed E-state index contributed by atoms with van der Waals surface area (Å²) in [6, 6.07) is -0.294. The molecule has 0 spiro atoms. The number of rotatable bonds is 7. The van der Waals surface area contributed by atoms with Crippen molar-refractivity contribution in [2.24, 2.45) is 5.92 Å². The van der Waals surface area contributed by atoms with Crippen LogP contribution in [0.2, 0.25) is 0 Å². The molecule has 0 aromatic carbocycles. The van der Waals surface area contributed by atoms with E-state index >= 15 is 0 Å². The molecule has 0 bridgehead atoms. The standard InChI is InChI=1S/C23H38N4O2.C2H7N/c1-19(2)8-11-25-13-15-26(16-14-25)23(21(29)20-7-5-6-10-24-20)9-12-27(18-28)22(3,4)17-23;1-3-2/h5-7,10,18-20,24H,8-9,11-17H2,1-4H3;3H,1-2H3. The van der Waals surface area contributed by atoms with Crippen LogP contribution in [-0.2, 0) is 9.59 Å². The number of dihydropyridines is 1. The van der Waals surface area contributed by atoms with Gasteiger partial charge in [-0.1, -0.05) is 26.0 Å². The summed E-state index contributed by atoms with van der Waals surface area (Å²) in [5.74, 6) is 0.957.